The summed E-state index contributed by atoms with van der Waals surface area (Å²) in [4.78, 5) is 15.3. The molecule has 1 heterocycles. The van der Waals surface area contributed by atoms with Gasteiger partial charge < -0.3 is 20.6 Å². The smallest absolute Gasteiger partial charge is 0.292 e. The van der Waals surface area contributed by atoms with Crippen molar-refractivity contribution in [2.75, 3.05) is 31.6 Å². The van der Waals surface area contributed by atoms with Crippen LogP contribution in [0.3, 0.4) is 0 Å². The van der Waals surface area contributed by atoms with Gasteiger partial charge >= 0.3 is 0 Å². The number of aliphatic hydroxyl groups is 3. The standard InChI is InChI=1S/C18H28N6O5/c19-22-21-13-5-6-15(16(9-13)24(28)29)20-7-3-1-2-4-8-23-11-18(27)17(26)10-14(23)12-25/h5-6,9,14,17-18,20,25-27H,1-4,7-8,10-12H2/t14-,17-,18-/m0/s1. The lowest BCUT2D eigenvalue weighted by Gasteiger charge is -2.39. The molecule has 0 amide bonds. The molecule has 0 unspecified atom stereocenters. The van der Waals surface area contributed by atoms with E-state index in [2.05, 4.69) is 15.3 Å². The predicted molar refractivity (Wildman–Crippen MR) is 108 cm³/mol. The molecule has 1 aliphatic rings. The minimum atomic E-state index is -0.778. The van der Waals surface area contributed by atoms with Gasteiger partial charge in [-0.15, -0.1) is 0 Å². The van der Waals surface area contributed by atoms with Crippen LogP contribution in [-0.2, 0) is 0 Å². The number of anilines is 1. The van der Waals surface area contributed by atoms with Crippen LogP contribution in [0.4, 0.5) is 17.1 Å². The van der Waals surface area contributed by atoms with Gasteiger partial charge in [0.1, 0.15) is 5.69 Å². The van der Waals surface area contributed by atoms with E-state index >= 15 is 0 Å². The van der Waals surface area contributed by atoms with E-state index in [1.807, 2.05) is 4.90 Å². The summed E-state index contributed by atoms with van der Waals surface area (Å²) in [6.07, 6.45) is 2.44. The van der Waals surface area contributed by atoms with E-state index in [-0.39, 0.29) is 24.0 Å². The molecule has 0 saturated carbocycles. The number of unbranched alkanes of at least 4 members (excludes halogenated alkanes) is 3. The number of aliphatic hydroxyl groups excluding tert-OH is 3. The quantitative estimate of drug-likeness (QED) is 0.109. The van der Waals surface area contributed by atoms with Crippen LogP contribution in [0.5, 0.6) is 0 Å². The molecule has 4 N–H and O–H groups in total. The summed E-state index contributed by atoms with van der Waals surface area (Å²) >= 11 is 0. The Kier molecular flexibility index (Phi) is 9.10. The monoisotopic (exact) mass is 408 g/mol. The first kappa shape index (κ1) is 22.9. The maximum Gasteiger partial charge on any atom is 0.292 e. The molecule has 0 aliphatic carbocycles. The molecule has 3 atom stereocenters. The van der Waals surface area contributed by atoms with Gasteiger partial charge in [0.15, 0.2) is 0 Å². The molecule has 1 aliphatic heterocycles. The second-order valence-corrected chi connectivity index (χ2v) is 7.19. The van der Waals surface area contributed by atoms with E-state index in [1.54, 1.807) is 0 Å². The highest BCUT2D eigenvalue weighted by Gasteiger charge is 2.32. The minimum absolute atomic E-state index is 0.0368. The van der Waals surface area contributed by atoms with E-state index in [4.69, 9.17) is 5.53 Å². The molecule has 11 nitrogen and oxygen atoms in total. The van der Waals surface area contributed by atoms with Gasteiger partial charge in [-0.3, -0.25) is 15.0 Å². The molecule has 2 rings (SSSR count). The second kappa shape index (κ2) is 11.5. The Balaban J connectivity index is 1.70. The Hall–Kier alpha value is -2.43. The summed E-state index contributed by atoms with van der Waals surface area (Å²) in [6.45, 7) is 1.65. The summed E-state index contributed by atoms with van der Waals surface area (Å²) in [6, 6.07) is 4.18. The number of benzene rings is 1. The van der Waals surface area contributed by atoms with Crippen molar-refractivity contribution in [2.45, 2.75) is 50.4 Å². The highest BCUT2D eigenvalue weighted by molar-refractivity contribution is 5.66. The van der Waals surface area contributed by atoms with E-state index in [0.29, 0.717) is 25.2 Å². The van der Waals surface area contributed by atoms with E-state index in [9.17, 15) is 25.4 Å². The minimum Gasteiger partial charge on any atom is -0.395 e. The number of azide groups is 1. The van der Waals surface area contributed by atoms with E-state index < -0.39 is 17.1 Å². The fourth-order valence-corrected chi connectivity index (χ4v) is 3.51. The zero-order valence-electron chi connectivity index (χ0n) is 16.2. The van der Waals surface area contributed by atoms with Crippen molar-refractivity contribution in [3.63, 3.8) is 0 Å². The number of rotatable bonds is 11. The SMILES string of the molecule is [N-]=[N+]=Nc1ccc(NCCCCCCN2C[C@H](O)[C@@H](O)C[C@H]2CO)c([N+](=O)[O-])c1. The van der Waals surface area contributed by atoms with Crippen molar-refractivity contribution in [1.29, 1.82) is 0 Å². The van der Waals surface area contributed by atoms with Crippen LogP contribution < -0.4 is 5.32 Å². The zero-order valence-corrected chi connectivity index (χ0v) is 16.2. The molecule has 0 radical (unpaired) electrons. The predicted octanol–water partition coefficient (Wildman–Crippen LogP) is 2.30. The second-order valence-electron chi connectivity index (χ2n) is 7.19. The molecular weight excluding hydrogens is 380 g/mol. The van der Waals surface area contributed by atoms with Crippen molar-refractivity contribution < 1.29 is 20.2 Å². The zero-order chi connectivity index (χ0) is 21.2. The molecule has 1 saturated heterocycles. The first-order valence-corrected chi connectivity index (χ1v) is 9.74. The number of hydrogen-bond donors (Lipinski definition) is 4. The summed E-state index contributed by atoms with van der Waals surface area (Å²) in [7, 11) is 0. The van der Waals surface area contributed by atoms with Crippen molar-refractivity contribution in [2.24, 2.45) is 5.11 Å². The number of piperidine rings is 1. The highest BCUT2D eigenvalue weighted by atomic mass is 16.6. The van der Waals surface area contributed by atoms with Gasteiger partial charge in [-0.1, -0.05) is 24.0 Å². The molecule has 1 aromatic rings. The number of nitro groups is 1. The van der Waals surface area contributed by atoms with Gasteiger partial charge in [0.05, 0.1) is 23.7 Å². The Morgan fingerprint density at radius 2 is 2.03 bits per heavy atom. The van der Waals surface area contributed by atoms with Crippen molar-refractivity contribution in [1.82, 2.24) is 4.90 Å². The first-order chi connectivity index (χ1) is 14.0. The first-order valence-electron chi connectivity index (χ1n) is 9.74. The largest absolute Gasteiger partial charge is 0.395 e. The van der Waals surface area contributed by atoms with Crippen LogP contribution in [0.2, 0.25) is 0 Å². The maximum absolute atomic E-state index is 11.2. The van der Waals surface area contributed by atoms with Crippen molar-refractivity contribution >= 4 is 17.1 Å². The third-order valence-electron chi connectivity index (χ3n) is 5.13. The summed E-state index contributed by atoms with van der Waals surface area (Å²) in [5, 5.41) is 46.5. The molecule has 0 bridgehead atoms. The third-order valence-corrected chi connectivity index (χ3v) is 5.13. The lowest BCUT2D eigenvalue weighted by Crippen LogP contribution is -2.53. The molecule has 1 aromatic carbocycles. The van der Waals surface area contributed by atoms with Gasteiger partial charge in [0.2, 0.25) is 0 Å². The Bertz CT molecular complexity index is 727. The average Bonchev–Trinajstić information content (AvgIpc) is 2.70. The molecule has 0 aromatic heterocycles. The molecule has 29 heavy (non-hydrogen) atoms. The number of nitro benzene ring substituents is 1. The highest BCUT2D eigenvalue weighted by Crippen LogP contribution is 2.29. The van der Waals surface area contributed by atoms with E-state index in [0.717, 1.165) is 32.2 Å². The topological polar surface area (TPSA) is 168 Å². The number of likely N-dealkylation sites (tertiary alicyclic amines) is 1. The summed E-state index contributed by atoms with van der Waals surface area (Å²) in [5.74, 6) is 0. The van der Waals surface area contributed by atoms with Gasteiger partial charge in [0.25, 0.3) is 5.69 Å². The van der Waals surface area contributed by atoms with Gasteiger partial charge in [0, 0.05) is 35.8 Å². The number of β-amino-alcohol motifs (C(OH)–C–C–N with tert-alkyl or cyclic N) is 1. The van der Waals surface area contributed by atoms with Crippen molar-refractivity contribution in [3.05, 3.63) is 38.8 Å². The molecular formula is C18H28N6O5. The lowest BCUT2D eigenvalue weighted by molar-refractivity contribution is -0.383. The number of nitrogens with one attached hydrogen (secondary N) is 1. The van der Waals surface area contributed by atoms with Crippen LogP contribution in [-0.4, -0.2) is 69.6 Å². The Labute approximate surface area is 168 Å². The van der Waals surface area contributed by atoms with Crippen LogP contribution >= 0.6 is 0 Å². The Morgan fingerprint density at radius 1 is 1.28 bits per heavy atom. The average molecular weight is 408 g/mol. The van der Waals surface area contributed by atoms with Crippen LogP contribution in [0.25, 0.3) is 10.4 Å². The normalized spacial score (nSPS) is 22.1. The molecule has 0 spiro atoms. The maximum atomic E-state index is 11.2. The summed E-state index contributed by atoms with van der Waals surface area (Å²) < 4.78 is 0. The fraction of sp³-hybridized carbons (Fsp3) is 0.667. The number of hydrogen-bond acceptors (Lipinski definition) is 8. The Morgan fingerprint density at radius 3 is 2.72 bits per heavy atom. The van der Waals surface area contributed by atoms with Crippen LogP contribution in [0.15, 0.2) is 23.3 Å². The van der Waals surface area contributed by atoms with Gasteiger partial charge in [-0.2, -0.15) is 0 Å². The third kappa shape index (κ3) is 6.84. The summed E-state index contributed by atoms with van der Waals surface area (Å²) in [5.41, 5.74) is 8.89. The van der Waals surface area contributed by atoms with Crippen LogP contribution in [0.1, 0.15) is 32.1 Å². The fourth-order valence-electron chi connectivity index (χ4n) is 3.51. The molecule has 160 valence electrons. The van der Waals surface area contributed by atoms with Gasteiger partial charge in [-0.25, -0.2) is 0 Å². The van der Waals surface area contributed by atoms with Gasteiger partial charge in [-0.05, 0) is 37.4 Å². The lowest BCUT2D eigenvalue weighted by atomic mass is 9.97. The number of nitrogens with zero attached hydrogens (tertiary/aromatic N) is 5. The van der Waals surface area contributed by atoms with E-state index in [1.165, 1.54) is 18.2 Å². The van der Waals surface area contributed by atoms with Crippen molar-refractivity contribution in [3.8, 4) is 0 Å². The molecule has 11 heteroatoms. The molecule has 1 fully saturated rings. The van der Waals surface area contributed by atoms with Crippen LogP contribution in [0, 0.1) is 10.1 Å².